The molecule has 1 aliphatic heterocycles. The first-order valence-electron chi connectivity index (χ1n) is 7.45. The number of hydrogen-bond donors (Lipinski definition) is 3. The fraction of sp³-hybridized carbons (Fsp3) is 0.118. The number of amides is 3. The van der Waals surface area contributed by atoms with Crippen LogP contribution in [0.15, 0.2) is 30.3 Å². The third-order valence-electron chi connectivity index (χ3n) is 4.37. The van der Waals surface area contributed by atoms with E-state index in [0.29, 0.717) is 11.1 Å². The molecule has 3 amide bonds. The maximum Gasteiger partial charge on any atom is 0.341 e. The van der Waals surface area contributed by atoms with Gasteiger partial charge in [-0.3, -0.25) is 10.1 Å². The summed E-state index contributed by atoms with van der Waals surface area (Å²) in [6.07, 6.45) is 0. The molecule has 0 radical (unpaired) electrons. The van der Waals surface area contributed by atoms with Crippen LogP contribution in [0.4, 0.5) is 13.6 Å². The first-order valence-corrected chi connectivity index (χ1v) is 7.45. The van der Waals surface area contributed by atoms with Crippen LogP contribution >= 0.6 is 0 Å². The number of carboxylic acid groups (broad SMARTS) is 1. The van der Waals surface area contributed by atoms with Gasteiger partial charge in [-0.25, -0.2) is 18.4 Å². The van der Waals surface area contributed by atoms with Crippen LogP contribution in [0.2, 0.25) is 0 Å². The molecule has 0 saturated carbocycles. The molecule has 1 heterocycles. The largest absolute Gasteiger partial charge is 0.479 e. The first-order chi connectivity index (χ1) is 12.3. The van der Waals surface area contributed by atoms with Gasteiger partial charge in [-0.15, -0.1) is 0 Å². The average Bonchev–Trinajstić information content (AvgIpc) is 3.01. The molecule has 1 saturated heterocycles. The number of fused-ring (bicyclic) bond motifs is 5. The van der Waals surface area contributed by atoms with Gasteiger partial charge in [-0.1, -0.05) is 6.07 Å². The summed E-state index contributed by atoms with van der Waals surface area (Å²) in [6.45, 7) is -0.756. The van der Waals surface area contributed by atoms with Crippen molar-refractivity contribution in [1.82, 2.24) is 10.6 Å². The van der Waals surface area contributed by atoms with Gasteiger partial charge in [0.1, 0.15) is 5.82 Å². The van der Waals surface area contributed by atoms with Gasteiger partial charge < -0.3 is 15.2 Å². The van der Waals surface area contributed by atoms with E-state index in [4.69, 9.17) is 9.84 Å². The summed E-state index contributed by atoms with van der Waals surface area (Å²) in [5.41, 5.74) is -0.749. The van der Waals surface area contributed by atoms with Gasteiger partial charge in [-0.2, -0.15) is 0 Å². The molecule has 4 rings (SSSR count). The minimum absolute atomic E-state index is 0.113. The zero-order valence-electron chi connectivity index (χ0n) is 12.9. The van der Waals surface area contributed by atoms with E-state index in [1.807, 2.05) is 0 Å². The van der Waals surface area contributed by atoms with Crippen LogP contribution in [0.25, 0.3) is 11.1 Å². The summed E-state index contributed by atoms with van der Waals surface area (Å²) in [5.74, 6) is -3.92. The second-order valence-corrected chi connectivity index (χ2v) is 5.86. The second kappa shape index (κ2) is 5.25. The predicted molar refractivity (Wildman–Crippen MR) is 82.4 cm³/mol. The first kappa shape index (κ1) is 16.0. The molecular weight excluding hydrogens is 350 g/mol. The summed E-state index contributed by atoms with van der Waals surface area (Å²) < 4.78 is 33.2. The molecular formula is C17H10F2N2O5. The van der Waals surface area contributed by atoms with Crippen LogP contribution in [-0.4, -0.2) is 29.6 Å². The fourth-order valence-electron chi connectivity index (χ4n) is 3.38. The Balaban J connectivity index is 1.96. The molecule has 2 aromatic carbocycles. The molecule has 132 valence electrons. The molecule has 0 bridgehead atoms. The maximum atomic E-state index is 14.4. The predicted octanol–water partition coefficient (Wildman–Crippen LogP) is 1.49. The van der Waals surface area contributed by atoms with Gasteiger partial charge in [0.05, 0.1) is 0 Å². The number of hydrogen-bond acceptors (Lipinski definition) is 4. The summed E-state index contributed by atoms with van der Waals surface area (Å²) >= 11 is 0. The standard InChI is InChI=1S/C17H10F2N2O5/c18-7-1-2-8-9-4-13(26-6-14(22)23)12(19)5-11(9)17(10(8)3-7)15(24)20-16(25)21-17/h1-5H,6H2,(H,22,23)(H2,20,21,24,25). The second-order valence-electron chi connectivity index (χ2n) is 5.86. The summed E-state index contributed by atoms with van der Waals surface area (Å²) in [5, 5.41) is 13.2. The number of nitrogens with one attached hydrogen (secondary N) is 2. The summed E-state index contributed by atoms with van der Waals surface area (Å²) in [4.78, 5) is 34.9. The van der Waals surface area contributed by atoms with E-state index in [1.54, 1.807) is 0 Å². The lowest BCUT2D eigenvalue weighted by atomic mass is 9.87. The molecule has 2 aliphatic rings. The Bertz CT molecular complexity index is 1010. The quantitative estimate of drug-likeness (QED) is 0.720. The number of imide groups is 1. The van der Waals surface area contributed by atoms with Crippen LogP contribution in [0, 0.1) is 11.6 Å². The number of carboxylic acids is 1. The van der Waals surface area contributed by atoms with Crippen LogP contribution in [0.5, 0.6) is 5.75 Å². The highest BCUT2D eigenvalue weighted by atomic mass is 19.1. The number of benzene rings is 2. The van der Waals surface area contributed by atoms with Crippen LogP contribution < -0.4 is 15.4 Å². The molecule has 1 unspecified atom stereocenters. The van der Waals surface area contributed by atoms with Crippen LogP contribution in [-0.2, 0) is 15.1 Å². The minimum atomic E-state index is -1.75. The molecule has 7 nitrogen and oxygen atoms in total. The normalized spacial score (nSPS) is 19.8. The van der Waals surface area contributed by atoms with Crippen molar-refractivity contribution < 1.29 is 33.0 Å². The number of carbonyl (C=O) groups is 3. The lowest BCUT2D eigenvalue weighted by Crippen LogP contribution is -2.43. The molecule has 9 heteroatoms. The van der Waals surface area contributed by atoms with E-state index in [-0.39, 0.29) is 16.9 Å². The number of urea groups is 1. The van der Waals surface area contributed by atoms with Crippen molar-refractivity contribution in [2.24, 2.45) is 0 Å². The lowest BCUT2D eigenvalue weighted by molar-refractivity contribution is -0.139. The van der Waals surface area contributed by atoms with Crippen molar-refractivity contribution in [3.05, 3.63) is 53.1 Å². The van der Waals surface area contributed by atoms with Gasteiger partial charge in [0.25, 0.3) is 5.91 Å². The molecule has 2 aromatic rings. The number of halogens is 2. The Morgan fingerprint density at radius 1 is 1.12 bits per heavy atom. The number of rotatable bonds is 3. The van der Waals surface area contributed by atoms with E-state index >= 15 is 0 Å². The summed E-state index contributed by atoms with van der Waals surface area (Å²) in [7, 11) is 0. The Hall–Kier alpha value is -3.49. The molecule has 3 N–H and O–H groups in total. The van der Waals surface area contributed by atoms with Crippen molar-refractivity contribution in [1.29, 1.82) is 0 Å². The van der Waals surface area contributed by atoms with E-state index in [0.717, 1.165) is 18.2 Å². The third kappa shape index (κ3) is 2.06. The topological polar surface area (TPSA) is 105 Å². The highest BCUT2D eigenvalue weighted by Crippen LogP contribution is 2.50. The molecule has 1 atom stereocenters. The van der Waals surface area contributed by atoms with Gasteiger partial charge >= 0.3 is 12.0 Å². The van der Waals surface area contributed by atoms with Crippen molar-refractivity contribution in [3.63, 3.8) is 0 Å². The molecule has 26 heavy (non-hydrogen) atoms. The zero-order chi connectivity index (χ0) is 18.6. The monoisotopic (exact) mass is 360 g/mol. The van der Waals surface area contributed by atoms with Gasteiger partial charge in [-0.05, 0) is 35.4 Å². The van der Waals surface area contributed by atoms with E-state index in [9.17, 15) is 23.2 Å². The number of aliphatic carboxylic acids is 1. The minimum Gasteiger partial charge on any atom is -0.479 e. The maximum absolute atomic E-state index is 14.4. The highest BCUT2D eigenvalue weighted by molar-refractivity contribution is 6.13. The smallest absolute Gasteiger partial charge is 0.341 e. The van der Waals surface area contributed by atoms with Crippen molar-refractivity contribution >= 4 is 17.9 Å². The van der Waals surface area contributed by atoms with E-state index in [1.165, 1.54) is 12.1 Å². The summed E-state index contributed by atoms with van der Waals surface area (Å²) in [6, 6.07) is 5.08. The van der Waals surface area contributed by atoms with Crippen molar-refractivity contribution in [2.45, 2.75) is 5.54 Å². The van der Waals surface area contributed by atoms with E-state index < -0.39 is 41.7 Å². The van der Waals surface area contributed by atoms with E-state index in [2.05, 4.69) is 10.6 Å². The Morgan fingerprint density at radius 2 is 1.85 bits per heavy atom. The Kier molecular flexibility index (Phi) is 3.23. The lowest BCUT2D eigenvalue weighted by Gasteiger charge is -2.23. The van der Waals surface area contributed by atoms with Gasteiger partial charge in [0.15, 0.2) is 23.7 Å². The Morgan fingerprint density at radius 3 is 2.50 bits per heavy atom. The SMILES string of the molecule is O=C(O)COc1cc2c(cc1F)C1(NC(=O)NC1=O)c1cc(F)ccc1-2. The van der Waals surface area contributed by atoms with Crippen LogP contribution in [0.1, 0.15) is 11.1 Å². The third-order valence-corrected chi connectivity index (χ3v) is 4.37. The molecule has 0 aromatic heterocycles. The van der Waals surface area contributed by atoms with Gasteiger partial charge in [0, 0.05) is 11.1 Å². The van der Waals surface area contributed by atoms with Crippen molar-refractivity contribution in [2.75, 3.05) is 6.61 Å². The fourth-order valence-corrected chi connectivity index (χ4v) is 3.38. The number of ether oxygens (including phenoxy) is 1. The molecule has 1 aliphatic carbocycles. The highest BCUT2D eigenvalue weighted by Gasteiger charge is 2.55. The van der Waals surface area contributed by atoms with Gasteiger partial charge in [0.2, 0.25) is 0 Å². The average molecular weight is 360 g/mol. The zero-order valence-corrected chi connectivity index (χ0v) is 12.9. The van der Waals surface area contributed by atoms with Crippen LogP contribution in [0.3, 0.4) is 0 Å². The number of carbonyl (C=O) groups excluding carboxylic acids is 2. The molecule has 1 spiro atoms. The van der Waals surface area contributed by atoms with Crippen molar-refractivity contribution in [3.8, 4) is 16.9 Å². The molecule has 1 fully saturated rings. The Labute approximate surface area is 144 Å².